The summed E-state index contributed by atoms with van der Waals surface area (Å²) in [7, 11) is 0. The van der Waals surface area contributed by atoms with Crippen LogP contribution in [0.1, 0.15) is 13.3 Å². The fraction of sp³-hybridized carbons (Fsp3) is 0.312. The molecule has 0 aromatic heterocycles. The zero-order valence-electron chi connectivity index (χ0n) is 11.4. The van der Waals surface area contributed by atoms with Crippen molar-refractivity contribution in [3.63, 3.8) is 0 Å². The monoisotopic (exact) mass is 271 g/mol. The molecule has 0 radical (unpaired) electrons. The molecule has 3 rings (SSSR count). The highest BCUT2D eigenvalue weighted by Crippen LogP contribution is 2.31. The second-order valence-electron chi connectivity index (χ2n) is 4.82. The Balaban J connectivity index is 1.92. The molecule has 1 N–H and O–H groups in total. The summed E-state index contributed by atoms with van der Waals surface area (Å²) in [6.45, 7) is 3.19. The van der Waals surface area contributed by atoms with Crippen LogP contribution >= 0.6 is 0 Å². The number of amides is 1. The summed E-state index contributed by atoms with van der Waals surface area (Å²) in [5, 5.41) is 4.91. The minimum atomic E-state index is 0.00945. The molecule has 0 aliphatic carbocycles. The topological polar surface area (TPSA) is 50.9 Å². The van der Waals surface area contributed by atoms with Crippen LogP contribution in [0.25, 0.3) is 10.8 Å². The molecule has 1 saturated heterocycles. The van der Waals surface area contributed by atoms with Gasteiger partial charge in [-0.2, -0.15) is 0 Å². The van der Waals surface area contributed by atoms with Gasteiger partial charge < -0.3 is 14.8 Å². The first-order valence-electron chi connectivity index (χ1n) is 6.84. The van der Waals surface area contributed by atoms with Gasteiger partial charge in [-0.1, -0.05) is 31.2 Å². The number of hydrogen-bond donors (Lipinski definition) is 1. The van der Waals surface area contributed by atoms with Gasteiger partial charge in [0, 0.05) is 22.9 Å². The summed E-state index contributed by atoms with van der Waals surface area (Å²) in [5.41, 5.74) is 0.822. The Morgan fingerprint density at radius 1 is 1.30 bits per heavy atom. The van der Waals surface area contributed by atoms with Crippen molar-refractivity contribution < 1.29 is 14.3 Å². The van der Waals surface area contributed by atoms with E-state index in [9.17, 15) is 4.79 Å². The number of ether oxygens (including phenoxy) is 2. The molecule has 0 bridgehead atoms. The number of nitrogens with one attached hydrogen (secondary N) is 1. The summed E-state index contributed by atoms with van der Waals surface area (Å²) in [6, 6.07) is 11.7. The first-order chi connectivity index (χ1) is 9.78. The average Bonchev–Trinajstić information content (AvgIpc) is 3.29. The third-order valence-electron chi connectivity index (χ3n) is 3.30. The Bertz CT molecular complexity index is 635. The standard InChI is InChI=1S/C16H17NO3/c1-2-16(18)17-14-7-3-6-13-12(14)5-4-8-15(13)20-10-11-9-19-11/h3-8,11H,2,9-10H2,1H3,(H,17,18). The van der Waals surface area contributed by atoms with E-state index in [0.717, 1.165) is 28.8 Å². The SMILES string of the molecule is CCC(=O)Nc1cccc2c(OCC3CO3)cccc12. The molecule has 2 aromatic rings. The highest BCUT2D eigenvalue weighted by Gasteiger charge is 2.23. The van der Waals surface area contributed by atoms with Crippen molar-refractivity contribution >= 4 is 22.4 Å². The Morgan fingerprint density at radius 2 is 2.05 bits per heavy atom. The molecule has 104 valence electrons. The van der Waals surface area contributed by atoms with Gasteiger partial charge in [0.05, 0.1) is 6.61 Å². The molecular formula is C16H17NO3. The Kier molecular flexibility index (Phi) is 3.56. The number of carbonyl (C=O) groups is 1. The van der Waals surface area contributed by atoms with Crippen LogP contribution in [0, 0.1) is 0 Å². The van der Waals surface area contributed by atoms with Crippen LogP contribution in [0.4, 0.5) is 5.69 Å². The van der Waals surface area contributed by atoms with Crippen LogP contribution < -0.4 is 10.1 Å². The van der Waals surface area contributed by atoms with Crippen LogP contribution in [-0.2, 0) is 9.53 Å². The predicted molar refractivity (Wildman–Crippen MR) is 78.1 cm³/mol. The highest BCUT2D eigenvalue weighted by atomic mass is 16.6. The first kappa shape index (κ1) is 12.9. The van der Waals surface area contributed by atoms with E-state index < -0.39 is 0 Å². The third-order valence-corrected chi connectivity index (χ3v) is 3.30. The predicted octanol–water partition coefficient (Wildman–Crippen LogP) is 2.97. The van der Waals surface area contributed by atoms with Crippen LogP contribution in [0.5, 0.6) is 5.75 Å². The lowest BCUT2D eigenvalue weighted by Crippen LogP contribution is -2.10. The van der Waals surface area contributed by atoms with Crippen molar-refractivity contribution in [2.24, 2.45) is 0 Å². The second kappa shape index (κ2) is 5.51. The van der Waals surface area contributed by atoms with Crippen molar-refractivity contribution in [1.29, 1.82) is 0 Å². The molecule has 0 spiro atoms. The molecule has 1 aliphatic heterocycles. The number of hydrogen-bond acceptors (Lipinski definition) is 3. The smallest absolute Gasteiger partial charge is 0.224 e. The molecule has 1 atom stereocenters. The molecule has 1 aliphatic rings. The van der Waals surface area contributed by atoms with E-state index in [4.69, 9.17) is 9.47 Å². The van der Waals surface area contributed by atoms with Gasteiger partial charge in [-0.3, -0.25) is 4.79 Å². The van der Waals surface area contributed by atoms with E-state index in [1.165, 1.54) is 0 Å². The molecule has 4 nitrogen and oxygen atoms in total. The minimum absolute atomic E-state index is 0.00945. The molecule has 2 aromatic carbocycles. The van der Waals surface area contributed by atoms with Crippen LogP contribution in [0.15, 0.2) is 36.4 Å². The lowest BCUT2D eigenvalue weighted by molar-refractivity contribution is -0.115. The summed E-state index contributed by atoms with van der Waals surface area (Å²) in [5.74, 6) is 0.834. The molecule has 0 saturated carbocycles. The molecule has 1 unspecified atom stereocenters. The first-order valence-corrected chi connectivity index (χ1v) is 6.84. The molecule has 4 heteroatoms. The Hall–Kier alpha value is -2.07. The van der Waals surface area contributed by atoms with E-state index in [0.29, 0.717) is 13.0 Å². The molecule has 1 heterocycles. The lowest BCUT2D eigenvalue weighted by atomic mass is 10.1. The van der Waals surface area contributed by atoms with Crippen LogP contribution in [0.3, 0.4) is 0 Å². The average molecular weight is 271 g/mol. The molecule has 1 amide bonds. The zero-order chi connectivity index (χ0) is 13.9. The maximum atomic E-state index is 11.6. The van der Waals surface area contributed by atoms with Gasteiger partial charge in [-0.15, -0.1) is 0 Å². The van der Waals surface area contributed by atoms with E-state index in [1.807, 2.05) is 43.3 Å². The quantitative estimate of drug-likeness (QED) is 0.851. The summed E-state index contributed by atoms with van der Waals surface area (Å²) in [6.07, 6.45) is 0.694. The summed E-state index contributed by atoms with van der Waals surface area (Å²) >= 11 is 0. The minimum Gasteiger partial charge on any atom is -0.490 e. The largest absolute Gasteiger partial charge is 0.490 e. The van der Waals surface area contributed by atoms with Crippen molar-refractivity contribution in [2.45, 2.75) is 19.4 Å². The molecule has 1 fully saturated rings. The van der Waals surface area contributed by atoms with Gasteiger partial charge in [0.2, 0.25) is 5.91 Å². The third kappa shape index (κ3) is 2.75. The maximum Gasteiger partial charge on any atom is 0.224 e. The van der Waals surface area contributed by atoms with Crippen molar-refractivity contribution in [3.8, 4) is 5.75 Å². The fourth-order valence-corrected chi connectivity index (χ4v) is 2.10. The normalized spacial score (nSPS) is 16.9. The number of epoxide rings is 1. The van der Waals surface area contributed by atoms with Crippen LogP contribution in [-0.4, -0.2) is 25.2 Å². The van der Waals surface area contributed by atoms with E-state index >= 15 is 0 Å². The Morgan fingerprint density at radius 3 is 2.80 bits per heavy atom. The van der Waals surface area contributed by atoms with Gasteiger partial charge in [-0.25, -0.2) is 0 Å². The Labute approximate surface area is 117 Å². The molecular weight excluding hydrogens is 254 g/mol. The number of fused-ring (bicyclic) bond motifs is 1. The summed E-state index contributed by atoms with van der Waals surface area (Å²) < 4.78 is 10.9. The maximum absolute atomic E-state index is 11.6. The van der Waals surface area contributed by atoms with Gasteiger partial charge >= 0.3 is 0 Å². The van der Waals surface area contributed by atoms with Gasteiger partial charge in [0.1, 0.15) is 18.5 Å². The van der Waals surface area contributed by atoms with E-state index in [2.05, 4.69) is 5.32 Å². The van der Waals surface area contributed by atoms with Crippen LogP contribution in [0.2, 0.25) is 0 Å². The van der Waals surface area contributed by atoms with E-state index in [-0.39, 0.29) is 12.0 Å². The van der Waals surface area contributed by atoms with E-state index in [1.54, 1.807) is 0 Å². The number of rotatable bonds is 5. The zero-order valence-corrected chi connectivity index (χ0v) is 11.4. The second-order valence-corrected chi connectivity index (χ2v) is 4.82. The van der Waals surface area contributed by atoms with Crippen molar-refractivity contribution in [2.75, 3.05) is 18.5 Å². The fourth-order valence-electron chi connectivity index (χ4n) is 2.10. The van der Waals surface area contributed by atoms with Crippen molar-refractivity contribution in [1.82, 2.24) is 0 Å². The van der Waals surface area contributed by atoms with Gasteiger partial charge in [-0.05, 0) is 12.1 Å². The number of carbonyl (C=O) groups excluding carboxylic acids is 1. The van der Waals surface area contributed by atoms with Gasteiger partial charge in [0.25, 0.3) is 0 Å². The lowest BCUT2D eigenvalue weighted by Gasteiger charge is -2.11. The highest BCUT2D eigenvalue weighted by molar-refractivity contribution is 6.03. The summed E-state index contributed by atoms with van der Waals surface area (Å²) in [4.78, 5) is 11.6. The van der Waals surface area contributed by atoms with Gasteiger partial charge in [0.15, 0.2) is 0 Å². The number of benzene rings is 2. The number of anilines is 1. The van der Waals surface area contributed by atoms with Crippen molar-refractivity contribution in [3.05, 3.63) is 36.4 Å². The molecule has 20 heavy (non-hydrogen) atoms.